The molecule has 1 aromatic carbocycles. The lowest BCUT2D eigenvalue weighted by Crippen LogP contribution is -2.42. The summed E-state index contributed by atoms with van der Waals surface area (Å²) in [5.41, 5.74) is 1.08. The van der Waals surface area contributed by atoms with Crippen LogP contribution in [-0.2, 0) is 0 Å². The molecule has 1 fully saturated rings. The van der Waals surface area contributed by atoms with Crippen LogP contribution in [0.5, 0.6) is 5.88 Å². The van der Waals surface area contributed by atoms with Crippen molar-refractivity contribution in [1.82, 2.24) is 19.4 Å². The Labute approximate surface area is 183 Å². The minimum absolute atomic E-state index is 0.0327. The number of hydrogen-bond acceptors (Lipinski definition) is 6. The van der Waals surface area contributed by atoms with Crippen LogP contribution in [0.4, 0.5) is 0 Å². The molecular weight excluding hydrogens is 460 g/mol. The highest BCUT2D eigenvalue weighted by atomic mass is 79.9. The molecule has 1 aromatic heterocycles. The highest BCUT2D eigenvalue weighted by Crippen LogP contribution is 2.31. The summed E-state index contributed by atoms with van der Waals surface area (Å²) in [6.07, 6.45) is 2.28. The number of aliphatic hydroxyl groups excluding tert-OH is 1. The number of hydrogen-bond donors (Lipinski definition) is 1. The molecule has 9 heteroatoms. The molecule has 1 aliphatic heterocycles. The van der Waals surface area contributed by atoms with E-state index in [0.717, 1.165) is 12.8 Å². The van der Waals surface area contributed by atoms with Crippen LogP contribution >= 0.6 is 27.5 Å². The van der Waals surface area contributed by atoms with Crippen molar-refractivity contribution in [3.8, 4) is 5.88 Å². The molecule has 1 aliphatic rings. The summed E-state index contributed by atoms with van der Waals surface area (Å²) in [7, 11) is 3.89. The van der Waals surface area contributed by atoms with Gasteiger partial charge >= 0.3 is 5.56 Å². The Hall–Kier alpha value is -1.45. The van der Waals surface area contributed by atoms with E-state index in [2.05, 4.69) is 27.5 Å². The van der Waals surface area contributed by atoms with E-state index in [4.69, 9.17) is 16.3 Å². The average Bonchev–Trinajstić information content (AvgIpc) is 2.69. The smallest absolute Gasteiger partial charge is 0.314 e. The largest absolute Gasteiger partial charge is 0.472 e. The molecule has 1 saturated heterocycles. The van der Waals surface area contributed by atoms with Crippen LogP contribution in [0.3, 0.4) is 0 Å². The van der Waals surface area contributed by atoms with Crippen molar-refractivity contribution < 1.29 is 9.84 Å². The number of halogens is 2. The first-order valence-electron chi connectivity index (χ1n) is 9.55. The summed E-state index contributed by atoms with van der Waals surface area (Å²) in [5.74, 6) is 0.0992. The number of likely N-dealkylation sites (N-methyl/N-ethyl adjacent to an activating group) is 1. The van der Waals surface area contributed by atoms with Crippen molar-refractivity contribution in [2.75, 3.05) is 40.3 Å². The number of nitrogens with zero attached hydrogens (tertiary/aromatic N) is 4. The zero-order chi connectivity index (χ0) is 21.1. The van der Waals surface area contributed by atoms with Crippen LogP contribution in [0.1, 0.15) is 18.9 Å². The van der Waals surface area contributed by atoms with Crippen molar-refractivity contribution in [3.05, 3.63) is 44.6 Å². The third-order valence-corrected chi connectivity index (χ3v) is 6.32. The van der Waals surface area contributed by atoms with Gasteiger partial charge in [-0.15, -0.1) is 0 Å². The molecule has 0 radical (unpaired) electrons. The maximum atomic E-state index is 13.3. The number of fused-ring (bicyclic) bond motifs is 1. The number of benzene rings is 1. The van der Waals surface area contributed by atoms with Gasteiger partial charge in [0.2, 0.25) is 0 Å². The average molecular weight is 486 g/mol. The molecule has 2 aromatic rings. The number of ether oxygens (including phenoxy) is 1. The van der Waals surface area contributed by atoms with Gasteiger partial charge in [-0.3, -0.25) is 14.3 Å². The molecule has 1 N–H and O–H groups in total. The third kappa shape index (κ3) is 5.00. The number of aliphatic hydroxyl groups is 1. The van der Waals surface area contributed by atoms with Crippen LogP contribution in [0.25, 0.3) is 11.0 Å². The maximum Gasteiger partial charge on any atom is 0.314 e. The monoisotopic (exact) mass is 484 g/mol. The minimum atomic E-state index is -0.669. The van der Waals surface area contributed by atoms with Crippen molar-refractivity contribution >= 4 is 38.6 Å². The molecule has 0 amide bonds. The quantitative estimate of drug-likeness (QED) is 0.608. The number of piperidine rings is 1. The second kappa shape index (κ2) is 9.57. The van der Waals surface area contributed by atoms with E-state index in [-0.39, 0.29) is 17.5 Å². The Balaban J connectivity index is 1.99. The summed E-state index contributed by atoms with van der Waals surface area (Å²) in [4.78, 5) is 21.6. The first-order chi connectivity index (χ1) is 13.8. The van der Waals surface area contributed by atoms with Gasteiger partial charge in [0, 0.05) is 30.1 Å². The molecule has 7 nitrogen and oxygen atoms in total. The Morgan fingerprint density at radius 2 is 2.14 bits per heavy atom. The van der Waals surface area contributed by atoms with Crippen LogP contribution in [-0.4, -0.2) is 71.0 Å². The van der Waals surface area contributed by atoms with Gasteiger partial charge in [-0.05, 0) is 61.1 Å². The fourth-order valence-corrected chi connectivity index (χ4v) is 4.01. The van der Waals surface area contributed by atoms with Gasteiger partial charge in [0.25, 0.3) is 5.88 Å². The normalized spacial score (nSPS) is 17.0. The molecular formula is C20H26BrClN4O3. The first-order valence-corrected chi connectivity index (χ1v) is 10.7. The molecule has 0 saturated carbocycles. The van der Waals surface area contributed by atoms with Gasteiger partial charge in [-0.25, -0.2) is 4.98 Å². The van der Waals surface area contributed by atoms with E-state index in [1.807, 2.05) is 30.0 Å². The highest BCUT2D eigenvalue weighted by Gasteiger charge is 2.27. The van der Waals surface area contributed by atoms with Gasteiger partial charge < -0.3 is 14.7 Å². The molecule has 158 valence electrons. The molecule has 0 aliphatic carbocycles. The molecule has 1 unspecified atom stereocenters. The van der Waals surface area contributed by atoms with Crippen molar-refractivity contribution in [2.45, 2.75) is 25.1 Å². The molecule has 3 rings (SSSR count). The van der Waals surface area contributed by atoms with Gasteiger partial charge in [-0.1, -0.05) is 18.2 Å². The zero-order valence-corrected chi connectivity index (χ0v) is 19.0. The standard InChI is InChI=1S/C20H26BrClN4O3/c1-4-18(27)25-7-5-13(6-8-25)26-17-12-15(22)14(21)11-16(17)23-19(20(26)28)29-10-9-24(2)3/h4,11-13,18,27H,1,5-10H2,2-3H3. The van der Waals surface area contributed by atoms with Crippen LogP contribution in [0.15, 0.2) is 34.1 Å². The SMILES string of the molecule is C=CC(O)N1CCC(n2c(=O)c(OCCN(C)C)nc3cc(Br)c(Cl)cc32)CC1. The highest BCUT2D eigenvalue weighted by molar-refractivity contribution is 9.10. The van der Waals surface area contributed by atoms with Crippen LogP contribution < -0.4 is 10.3 Å². The molecule has 0 spiro atoms. The Kier molecular flexibility index (Phi) is 7.34. The third-order valence-electron chi connectivity index (χ3n) is 5.13. The van der Waals surface area contributed by atoms with E-state index < -0.39 is 6.23 Å². The van der Waals surface area contributed by atoms with Crippen LogP contribution in [0.2, 0.25) is 5.02 Å². The van der Waals surface area contributed by atoms with E-state index in [9.17, 15) is 9.90 Å². The summed E-state index contributed by atoms with van der Waals surface area (Å²) in [5, 5.41) is 10.5. The van der Waals surface area contributed by atoms with Gasteiger partial charge in [-0.2, -0.15) is 0 Å². The molecule has 0 bridgehead atoms. The first kappa shape index (κ1) is 22.2. The summed E-state index contributed by atoms with van der Waals surface area (Å²) in [6.45, 7) is 6.02. The summed E-state index contributed by atoms with van der Waals surface area (Å²) >= 11 is 9.75. The fraction of sp³-hybridized carbons (Fsp3) is 0.500. The van der Waals surface area contributed by atoms with Crippen molar-refractivity contribution in [2.24, 2.45) is 0 Å². The van der Waals surface area contributed by atoms with Gasteiger partial charge in [0.05, 0.1) is 16.1 Å². The number of likely N-dealkylation sites (tertiary alicyclic amines) is 1. The number of rotatable bonds is 7. The Morgan fingerprint density at radius 1 is 1.45 bits per heavy atom. The molecule has 2 heterocycles. The van der Waals surface area contributed by atoms with Crippen LogP contribution in [0, 0.1) is 0 Å². The fourth-order valence-electron chi connectivity index (χ4n) is 3.52. The summed E-state index contributed by atoms with van der Waals surface area (Å²) < 4.78 is 8.20. The Bertz CT molecular complexity index is 941. The second-order valence-electron chi connectivity index (χ2n) is 7.42. The zero-order valence-electron chi connectivity index (χ0n) is 16.6. The maximum absolute atomic E-state index is 13.3. The van der Waals surface area contributed by atoms with E-state index in [1.54, 1.807) is 10.6 Å². The van der Waals surface area contributed by atoms with Crippen molar-refractivity contribution in [3.63, 3.8) is 0 Å². The van der Waals surface area contributed by atoms with Crippen molar-refractivity contribution in [1.29, 1.82) is 0 Å². The second-order valence-corrected chi connectivity index (χ2v) is 8.68. The molecule has 1 atom stereocenters. The summed E-state index contributed by atoms with van der Waals surface area (Å²) in [6, 6.07) is 3.54. The molecule has 29 heavy (non-hydrogen) atoms. The lowest BCUT2D eigenvalue weighted by Gasteiger charge is -2.35. The van der Waals surface area contributed by atoms with Gasteiger partial charge in [0.1, 0.15) is 12.8 Å². The predicted molar refractivity (Wildman–Crippen MR) is 119 cm³/mol. The van der Waals surface area contributed by atoms with E-state index in [1.165, 1.54) is 6.08 Å². The lowest BCUT2D eigenvalue weighted by atomic mass is 10.0. The predicted octanol–water partition coefficient (Wildman–Crippen LogP) is 2.89. The van der Waals surface area contributed by atoms with Gasteiger partial charge in [0.15, 0.2) is 0 Å². The lowest BCUT2D eigenvalue weighted by molar-refractivity contribution is 0.0187. The minimum Gasteiger partial charge on any atom is -0.472 e. The Morgan fingerprint density at radius 3 is 2.76 bits per heavy atom. The topological polar surface area (TPSA) is 70.8 Å². The van der Waals surface area contributed by atoms with E-state index in [0.29, 0.717) is 46.8 Å². The van der Waals surface area contributed by atoms with E-state index >= 15 is 0 Å². The number of aromatic nitrogens is 2.